The van der Waals surface area contributed by atoms with Crippen molar-refractivity contribution in [3.05, 3.63) is 53.9 Å². The minimum atomic E-state index is -0.789. The number of ether oxygens (including phenoxy) is 1. The second kappa shape index (κ2) is 12.3. The number of rotatable bonds is 10. The SMILES string of the molecule is Cc1oc(-c2ccccc2)nc1CCOCC=CCSCC(=O)O.[NaH]. The van der Waals surface area contributed by atoms with Crippen LogP contribution in [0.5, 0.6) is 0 Å². The Labute approximate surface area is 174 Å². The molecule has 0 amide bonds. The summed E-state index contributed by atoms with van der Waals surface area (Å²) in [6.45, 7) is 2.98. The number of oxazole rings is 1. The molecule has 2 rings (SSSR count). The molecule has 5 nitrogen and oxygen atoms in total. The van der Waals surface area contributed by atoms with Crippen molar-refractivity contribution in [1.29, 1.82) is 0 Å². The zero-order valence-electron chi connectivity index (χ0n) is 13.6. The summed E-state index contributed by atoms with van der Waals surface area (Å²) in [7, 11) is 0. The third-order valence-electron chi connectivity index (χ3n) is 3.22. The average Bonchev–Trinajstić information content (AvgIpc) is 2.95. The van der Waals surface area contributed by atoms with Gasteiger partial charge in [0.05, 0.1) is 24.7 Å². The van der Waals surface area contributed by atoms with E-state index in [1.165, 1.54) is 11.8 Å². The van der Waals surface area contributed by atoms with Crippen molar-refractivity contribution in [1.82, 2.24) is 4.98 Å². The minimum absolute atomic E-state index is 0. The van der Waals surface area contributed by atoms with Crippen molar-refractivity contribution in [2.45, 2.75) is 13.3 Å². The first kappa shape index (κ1) is 22.0. The van der Waals surface area contributed by atoms with Crippen LogP contribution < -0.4 is 0 Å². The standard InChI is InChI=1S/C18H21NO4S.Na.H/c1-14-16(19-18(23-14)15-7-3-2-4-8-15)9-11-22-10-5-6-12-24-13-17(20)21;;/h2-8H,9-13H2,1H3,(H,20,21);;. The maximum absolute atomic E-state index is 10.3. The molecule has 0 aliphatic rings. The fourth-order valence-corrected chi connectivity index (χ4v) is 2.60. The molecule has 0 atom stereocenters. The van der Waals surface area contributed by atoms with Crippen LogP contribution in [-0.4, -0.2) is 70.3 Å². The molecule has 0 radical (unpaired) electrons. The molecule has 0 unspecified atom stereocenters. The molecule has 1 heterocycles. The van der Waals surface area contributed by atoms with E-state index >= 15 is 0 Å². The van der Waals surface area contributed by atoms with Crippen LogP contribution in [0.3, 0.4) is 0 Å². The zero-order chi connectivity index (χ0) is 17.2. The van der Waals surface area contributed by atoms with E-state index in [2.05, 4.69) is 4.98 Å². The molecule has 1 aromatic heterocycles. The molecule has 130 valence electrons. The van der Waals surface area contributed by atoms with Crippen LogP contribution in [0.2, 0.25) is 0 Å². The van der Waals surface area contributed by atoms with E-state index in [0.717, 1.165) is 17.0 Å². The van der Waals surface area contributed by atoms with Crippen molar-refractivity contribution in [3.8, 4) is 11.5 Å². The third-order valence-corrected chi connectivity index (χ3v) is 4.10. The van der Waals surface area contributed by atoms with Gasteiger partial charge in [0.25, 0.3) is 0 Å². The Bertz CT molecular complexity index is 673. The number of hydrogen-bond acceptors (Lipinski definition) is 5. The molecule has 0 spiro atoms. The maximum atomic E-state index is 10.3. The van der Waals surface area contributed by atoms with Gasteiger partial charge in [-0.15, -0.1) is 11.8 Å². The molecule has 1 aromatic carbocycles. The van der Waals surface area contributed by atoms with Gasteiger partial charge in [-0.3, -0.25) is 4.79 Å². The molecule has 7 heteroatoms. The van der Waals surface area contributed by atoms with Crippen LogP contribution in [0, 0.1) is 6.92 Å². The summed E-state index contributed by atoms with van der Waals surface area (Å²) in [4.78, 5) is 14.9. The zero-order valence-corrected chi connectivity index (χ0v) is 14.4. The van der Waals surface area contributed by atoms with E-state index in [4.69, 9.17) is 14.3 Å². The molecular formula is C18H22NNaO4S. The molecule has 2 aromatic rings. The van der Waals surface area contributed by atoms with Crippen molar-refractivity contribution >= 4 is 47.3 Å². The molecule has 0 aliphatic heterocycles. The predicted octanol–water partition coefficient (Wildman–Crippen LogP) is 2.93. The van der Waals surface area contributed by atoms with Crippen molar-refractivity contribution in [2.24, 2.45) is 0 Å². The van der Waals surface area contributed by atoms with Gasteiger partial charge in [0.15, 0.2) is 0 Å². The number of thioether (sulfide) groups is 1. The summed E-state index contributed by atoms with van der Waals surface area (Å²) in [6.07, 6.45) is 4.52. The number of benzene rings is 1. The van der Waals surface area contributed by atoms with Crippen molar-refractivity contribution in [3.63, 3.8) is 0 Å². The van der Waals surface area contributed by atoms with Gasteiger partial charge in [-0.1, -0.05) is 30.4 Å². The molecule has 0 saturated heterocycles. The van der Waals surface area contributed by atoms with Crippen LogP contribution >= 0.6 is 11.8 Å². The Morgan fingerprint density at radius 2 is 2.08 bits per heavy atom. The quantitative estimate of drug-likeness (QED) is 0.393. The Morgan fingerprint density at radius 1 is 1.32 bits per heavy atom. The van der Waals surface area contributed by atoms with Gasteiger partial charge in [-0.05, 0) is 19.1 Å². The molecule has 1 N–H and O–H groups in total. The number of nitrogens with zero attached hydrogens (tertiary/aromatic N) is 1. The van der Waals surface area contributed by atoms with Crippen LogP contribution in [-0.2, 0) is 16.0 Å². The fraction of sp³-hybridized carbons (Fsp3) is 0.333. The summed E-state index contributed by atoms with van der Waals surface area (Å²) < 4.78 is 11.3. The topological polar surface area (TPSA) is 72.6 Å². The first-order valence-corrected chi connectivity index (χ1v) is 8.86. The molecule has 0 fully saturated rings. The molecular weight excluding hydrogens is 349 g/mol. The number of carboxylic acid groups (broad SMARTS) is 1. The van der Waals surface area contributed by atoms with Crippen LogP contribution in [0.1, 0.15) is 11.5 Å². The van der Waals surface area contributed by atoms with E-state index in [1.807, 2.05) is 49.4 Å². The molecule has 0 bridgehead atoms. The van der Waals surface area contributed by atoms with E-state index in [1.54, 1.807) is 0 Å². The van der Waals surface area contributed by atoms with Gasteiger partial charge in [-0.25, -0.2) is 4.98 Å². The third kappa shape index (κ3) is 8.25. The first-order valence-electron chi connectivity index (χ1n) is 7.71. The number of aliphatic carboxylic acids is 1. The van der Waals surface area contributed by atoms with Crippen LogP contribution in [0.15, 0.2) is 46.9 Å². The van der Waals surface area contributed by atoms with Gasteiger partial charge in [0.1, 0.15) is 5.76 Å². The fourth-order valence-electron chi connectivity index (χ4n) is 2.03. The number of aryl methyl sites for hydroxylation is 1. The van der Waals surface area contributed by atoms with Gasteiger partial charge < -0.3 is 14.3 Å². The van der Waals surface area contributed by atoms with Gasteiger partial charge >= 0.3 is 35.5 Å². The van der Waals surface area contributed by atoms with E-state index in [9.17, 15) is 4.79 Å². The number of aromatic nitrogens is 1. The number of hydrogen-bond donors (Lipinski definition) is 1. The first-order chi connectivity index (χ1) is 11.7. The van der Waals surface area contributed by atoms with E-state index in [0.29, 0.717) is 31.3 Å². The second-order valence-corrected chi connectivity index (χ2v) is 6.12. The Balaban J connectivity index is 0.00000312. The molecule has 0 saturated carbocycles. The van der Waals surface area contributed by atoms with Crippen molar-refractivity contribution < 1.29 is 19.1 Å². The Hall–Kier alpha value is -1.05. The van der Waals surface area contributed by atoms with E-state index < -0.39 is 5.97 Å². The summed E-state index contributed by atoms with van der Waals surface area (Å²) in [5.74, 6) is 1.47. The number of carboxylic acids is 1. The summed E-state index contributed by atoms with van der Waals surface area (Å²) >= 11 is 1.36. The molecule has 0 aliphatic carbocycles. The van der Waals surface area contributed by atoms with Gasteiger partial charge in [0.2, 0.25) is 5.89 Å². The Kier molecular flexibility index (Phi) is 10.8. The van der Waals surface area contributed by atoms with Gasteiger partial charge in [0, 0.05) is 17.7 Å². The van der Waals surface area contributed by atoms with Crippen molar-refractivity contribution in [2.75, 3.05) is 24.7 Å². The second-order valence-electron chi connectivity index (χ2n) is 5.09. The normalized spacial score (nSPS) is 10.8. The monoisotopic (exact) mass is 371 g/mol. The predicted molar refractivity (Wildman–Crippen MR) is 102 cm³/mol. The van der Waals surface area contributed by atoms with Crippen LogP contribution in [0.4, 0.5) is 0 Å². The average molecular weight is 371 g/mol. The molecule has 25 heavy (non-hydrogen) atoms. The summed E-state index contributed by atoms with van der Waals surface area (Å²) in [6, 6.07) is 9.82. The number of carbonyl (C=O) groups is 1. The Morgan fingerprint density at radius 3 is 2.80 bits per heavy atom. The van der Waals surface area contributed by atoms with Crippen LogP contribution in [0.25, 0.3) is 11.5 Å². The summed E-state index contributed by atoms with van der Waals surface area (Å²) in [5.41, 5.74) is 1.88. The van der Waals surface area contributed by atoms with Gasteiger partial charge in [-0.2, -0.15) is 0 Å². The van der Waals surface area contributed by atoms with E-state index in [-0.39, 0.29) is 35.3 Å². The summed E-state index contributed by atoms with van der Waals surface area (Å²) in [5, 5.41) is 8.51.